The van der Waals surface area contributed by atoms with Crippen LogP contribution in [0.2, 0.25) is 0 Å². The second-order valence-electron chi connectivity index (χ2n) is 3.43. The van der Waals surface area contributed by atoms with E-state index in [0.717, 1.165) is 23.2 Å². The van der Waals surface area contributed by atoms with E-state index < -0.39 is 0 Å². The van der Waals surface area contributed by atoms with Gasteiger partial charge in [0, 0.05) is 12.7 Å². The van der Waals surface area contributed by atoms with Gasteiger partial charge in [0.2, 0.25) is 0 Å². The number of fused-ring (bicyclic) bond motifs is 1. The molecule has 2 heterocycles. The molecule has 2 rings (SSSR count). The van der Waals surface area contributed by atoms with Crippen molar-refractivity contribution in [3.63, 3.8) is 0 Å². The molecule has 2 aromatic heterocycles. The van der Waals surface area contributed by atoms with Crippen molar-refractivity contribution in [3.8, 4) is 0 Å². The Morgan fingerprint density at radius 3 is 3.20 bits per heavy atom. The molecule has 4 nitrogen and oxygen atoms in total. The van der Waals surface area contributed by atoms with Gasteiger partial charge in [-0.1, -0.05) is 6.92 Å². The number of aliphatic hydroxyl groups excluding tert-OH is 1. The number of nitrogens with zero attached hydrogens (tertiary/aromatic N) is 1. The molecule has 15 heavy (non-hydrogen) atoms. The van der Waals surface area contributed by atoms with Crippen molar-refractivity contribution < 1.29 is 9.52 Å². The normalized spacial score (nSPS) is 12.9. The van der Waals surface area contributed by atoms with Crippen LogP contribution < -0.4 is 5.32 Å². The minimum absolute atomic E-state index is 0.339. The van der Waals surface area contributed by atoms with Gasteiger partial charge in [-0.2, -0.15) is 0 Å². The zero-order valence-electron chi connectivity index (χ0n) is 8.60. The number of rotatable bonds is 4. The van der Waals surface area contributed by atoms with Crippen LogP contribution in [0.25, 0.3) is 11.0 Å². The maximum atomic E-state index is 9.43. The summed E-state index contributed by atoms with van der Waals surface area (Å²) in [6.07, 6.45) is 3.71. The molecule has 1 atom stereocenters. The van der Waals surface area contributed by atoms with Crippen LogP contribution in [0.4, 0.5) is 5.82 Å². The highest BCUT2D eigenvalue weighted by Crippen LogP contribution is 2.21. The van der Waals surface area contributed by atoms with Crippen LogP contribution in [0.15, 0.2) is 29.0 Å². The van der Waals surface area contributed by atoms with Crippen molar-refractivity contribution in [3.05, 3.63) is 24.6 Å². The van der Waals surface area contributed by atoms with E-state index >= 15 is 0 Å². The van der Waals surface area contributed by atoms with E-state index in [1.165, 1.54) is 0 Å². The van der Waals surface area contributed by atoms with Crippen molar-refractivity contribution in [2.45, 2.75) is 19.4 Å². The molecule has 2 N–H and O–H groups in total. The van der Waals surface area contributed by atoms with Gasteiger partial charge in [0.15, 0.2) is 0 Å². The predicted molar refractivity (Wildman–Crippen MR) is 58.8 cm³/mol. The molecule has 0 saturated carbocycles. The van der Waals surface area contributed by atoms with E-state index in [9.17, 15) is 5.11 Å². The Labute approximate surface area is 87.9 Å². The minimum atomic E-state index is -0.339. The lowest BCUT2D eigenvalue weighted by Crippen LogP contribution is -2.18. The van der Waals surface area contributed by atoms with Crippen molar-refractivity contribution >= 4 is 16.8 Å². The second kappa shape index (κ2) is 4.31. The maximum absolute atomic E-state index is 9.43. The molecule has 0 aliphatic rings. The summed E-state index contributed by atoms with van der Waals surface area (Å²) in [6, 6.07) is 3.68. The van der Waals surface area contributed by atoms with E-state index in [1.807, 2.05) is 19.1 Å². The van der Waals surface area contributed by atoms with Gasteiger partial charge in [0.05, 0.1) is 17.8 Å². The smallest absolute Gasteiger partial charge is 0.139 e. The van der Waals surface area contributed by atoms with Crippen molar-refractivity contribution in [2.24, 2.45) is 0 Å². The lowest BCUT2D eigenvalue weighted by molar-refractivity contribution is 0.183. The van der Waals surface area contributed by atoms with Crippen molar-refractivity contribution in [2.75, 3.05) is 11.9 Å². The number of hydrogen-bond donors (Lipinski definition) is 2. The summed E-state index contributed by atoms with van der Waals surface area (Å²) in [5, 5.41) is 13.5. The highest BCUT2D eigenvalue weighted by molar-refractivity contribution is 5.87. The minimum Gasteiger partial charge on any atom is -0.464 e. The van der Waals surface area contributed by atoms with Gasteiger partial charge in [0.1, 0.15) is 11.4 Å². The Hall–Kier alpha value is -1.55. The summed E-state index contributed by atoms with van der Waals surface area (Å²) in [6.45, 7) is 2.45. The third-order valence-corrected chi connectivity index (χ3v) is 2.36. The van der Waals surface area contributed by atoms with Crippen molar-refractivity contribution in [1.29, 1.82) is 0 Å². The van der Waals surface area contributed by atoms with E-state index in [0.29, 0.717) is 6.54 Å². The molecule has 0 saturated heterocycles. The topological polar surface area (TPSA) is 58.3 Å². The summed E-state index contributed by atoms with van der Waals surface area (Å²) in [5.74, 6) is 0.758. The number of anilines is 1. The van der Waals surface area contributed by atoms with Crippen LogP contribution >= 0.6 is 0 Å². The highest BCUT2D eigenvalue weighted by Gasteiger charge is 2.05. The Kier molecular flexibility index (Phi) is 2.87. The van der Waals surface area contributed by atoms with Crippen LogP contribution in [0.3, 0.4) is 0 Å². The molecule has 0 amide bonds. The number of hydrogen-bond acceptors (Lipinski definition) is 4. The molecular formula is C11H14N2O2. The predicted octanol–water partition coefficient (Wildman–Crippen LogP) is 2.01. The number of aliphatic hydroxyl groups is 1. The summed E-state index contributed by atoms with van der Waals surface area (Å²) < 4.78 is 5.25. The van der Waals surface area contributed by atoms with Gasteiger partial charge in [-0.25, -0.2) is 4.98 Å². The molecule has 0 fully saturated rings. The summed E-state index contributed by atoms with van der Waals surface area (Å²) in [4.78, 5) is 4.20. The Balaban J connectivity index is 2.17. The number of furan rings is 1. The summed E-state index contributed by atoms with van der Waals surface area (Å²) in [7, 11) is 0. The monoisotopic (exact) mass is 206 g/mol. The average Bonchev–Trinajstić information content (AvgIpc) is 2.74. The van der Waals surface area contributed by atoms with Crippen LogP contribution in [0.5, 0.6) is 0 Å². The van der Waals surface area contributed by atoms with Crippen LogP contribution in [-0.2, 0) is 0 Å². The summed E-state index contributed by atoms with van der Waals surface area (Å²) in [5.41, 5.74) is 0.804. The third-order valence-electron chi connectivity index (χ3n) is 2.36. The second-order valence-corrected chi connectivity index (χ2v) is 3.43. The molecule has 0 aliphatic carbocycles. The summed E-state index contributed by atoms with van der Waals surface area (Å²) >= 11 is 0. The third kappa shape index (κ3) is 2.10. The van der Waals surface area contributed by atoms with Gasteiger partial charge in [-0.15, -0.1) is 0 Å². The molecular weight excluding hydrogens is 192 g/mol. The van der Waals surface area contributed by atoms with Crippen LogP contribution in [0, 0.1) is 0 Å². The van der Waals surface area contributed by atoms with Gasteiger partial charge >= 0.3 is 0 Å². The van der Waals surface area contributed by atoms with E-state index in [1.54, 1.807) is 12.5 Å². The molecule has 2 aromatic rings. The molecule has 0 bridgehead atoms. The molecule has 4 heteroatoms. The number of aromatic nitrogens is 1. The lowest BCUT2D eigenvalue weighted by atomic mass is 10.2. The van der Waals surface area contributed by atoms with Gasteiger partial charge < -0.3 is 14.8 Å². The van der Waals surface area contributed by atoms with E-state index in [-0.39, 0.29) is 6.10 Å². The zero-order valence-corrected chi connectivity index (χ0v) is 8.60. The van der Waals surface area contributed by atoms with Crippen LogP contribution in [0.1, 0.15) is 13.3 Å². The van der Waals surface area contributed by atoms with Crippen molar-refractivity contribution in [1.82, 2.24) is 4.98 Å². The number of nitrogens with one attached hydrogen (secondary N) is 1. The largest absolute Gasteiger partial charge is 0.464 e. The van der Waals surface area contributed by atoms with Crippen LogP contribution in [-0.4, -0.2) is 22.7 Å². The molecule has 80 valence electrons. The molecule has 0 radical (unpaired) electrons. The fraction of sp³-hybridized carbons (Fsp3) is 0.364. The Morgan fingerprint density at radius 2 is 2.40 bits per heavy atom. The average molecular weight is 206 g/mol. The van der Waals surface area contributed by atoms with E-state index in [2.05, 4.69) is 10.3 Å². The first kappa shape index (κ1) is 9.98. The highest BCUT2D eigenvalue weighted by atomic mass is 16.3. The first-order valence-electron chi connectivity index (χ1n) is 5.05. The maximum Gasteiger partial charge on any atom is 0.139 e. The van der Waals surface area contributed by atoms with Gasteiger partial charge in [-0.05, 0) is 18.6 Å². The van der Waals surface area contributed by atoms with E-state index in [4.69, 9.17) is 4.42 Å². The number of pyridine rings is 1. The van der Waals surface area contributed by atoms with Gasteiger partial charge in [-0.3, -0.25) is 0 Å². The Morgan fingerprint density at radius 1 is 1.53 bits per heavy atom. The molecule has 0 aliphatic heterocycles. The quantitative estimate of drug-likeness (QED) is 0.803. The lowest BCUT2D eigenvalue weighted by Gasteiger charge is -2.10. The first-order chi connectivity index (χ1) is 7.31. The zero-order chi connectivity index (χ0) is 10.7. The SMILES string of the molecule is CCC(O)CNc1nccc2occc12. The molecule has 0 aromatic carbocycles. The standard InChI is InChI=1S/C11H14N2O2/c1-2-8(14)7-13-11-9-4-6-15-10(9)3-5-12-11/h3-6,8,14H,2,7H2,1H3,(H,12,13). The van der Waals surface area contributed by atoms with Gasteiger partial charge in [0.25, 0.3) is 0 Å². The molecule has 0 spiro atoms. The fourth-order valence-corrected chi connectivity index (χ4v) is 1.39. The molecule has 1 unspecified atom stereocenters. The Bertz CT molecular complexity index is 439. The first-order valence-corrected chi connectivity index (χ1v) is 5.05. The fourth-order valence-electron chi connectivity index (χ4n) is 1.39.